The number of carbonyl (C=O) groups is 2. The van der Waals surface area contributed by atoms with Gasteiger partial charge in [-0.15, -0.1) is 0 Å². The average molecular weight is 383 g/mol. The lowest BCUT2D eigenvalue weighted by Crippen LogP contribution is -2.24. The maximum absolute atomic E-state index is 12.4. The topological polar surface area (TPSA) is 64.6 Å². The summed E-state index contributed by atoms with van der Waals surface area (Å²) >= 11 is 0. The molecule has 0 radical (unpaired) electrons. The van der Waals surface area contributed by atoms with Gasteiger partial charge in [0.2, 0.25) is 0 Å². The van der Waals surface area contributed by atoms with Crippen LogP contribution >= 0.6 is 0 Å². The molecular formula is C23H29NO4. The third kappa shape index (κ3) is 5.59. The first-order chi connectivity index (χ1) is 13.3. The van der Waals surface area contributed by atoms with E-state index in [1.165, 1.54) is 0 Å². The summed E-state index contributed by atoms with van der Waals surface area (Å²) < 4.78 is 10.6. The first-order valence-electron chi connectivity index (χ1n) is 9.46. The third-order valence-electron chi connectivity index (χ3n) is 4.58. The zero-order valence-electron chi connectivity index (χ0n) is 17.2. The van der Waals surface area contributed by atoms with Crippen molar-refractivity contribution in [1.29, 1.82) is 0 Å². The molecule has 2 rings (SSSR count). The zero-order valence-corrected chi connectivity index (χ0v) is 17.2. The van der Waals surface area contributed by atoms with Crippen molar-refractivity contribution >= 4 is 17.6 Å². The Kier molecular flexibility index (Phi) is 7.21. The second kappa shape index (κ2) is 9.40. The number of hydrogen-bond donors (Lipinski definition) is 1. The lowest BCUT2D eigenvalue weighted by Gasteiger charge is -2.21. The Morgan fingerprint density at radius 3 is 2.32 bits per heavy atom. The highest BCUT2D eigenvalue weighted by molar-refractivity contribution is 5.94. The third-order valence-corrected chi connectivity index (χ3v) is 4.58. The highest BCUT2D eigenvalue weighted by atomic mass is 16.5. The van der Waals surface area contributed by atoms with Crippen molar-refractivity contribution in [2.75, 3.05) is 19.0 Å². The molecule has 0 aliphatic heterocycles. The summed E-state index contributed by atoms with van der Waals surface area (Å²) in [4.78, 5) is 24.8. The first-order valence-corrected chi connectivity index (χ1v) is 9.46. The largest absolute Gasteiger partial charge is 0.495 e. The molecule has 0 aliphatic rings. The van der Waals surface area contributed by atoms with Crippen LogP contribution in [0.5, 0.6) is 5.75 Å². The smallest absolute Gasteiger partial charge is 0.313 e. The number of nitrogens with one attached hydrogen (secondary N) is 1. The van der Waals surface area contributed by atoms with Crippen LogP contribution in [0.15, 0.2) is 48.5 Å². The predicted octanol–water partition coefficient (Wildman–Crippen LogP) is 4.67. The van der Waals surface area contributed by atoms with E-state index >= 15 is 0 Å². The first kappa shape index (κ1) is 21.5. The Balaban J connectivity index is 2.03. The molecule has 0 spiro atoms. The van der Waals surface area contributed by atoms with Gasteiger partial charge in [-0.25, -0.2) is 0 Å². The Labute approximate surface area is 167 Å². The minimum Gasteiger partial charge on any atom is -0.495 e. The van der Waals surface area contributed by atoms with Gasteiger partial charge in [0.1, 0.15) is 5.75 Å². The second-order valence-electron chi connectivity index (χ2n) is 7.69. The van der Waals surface area contributed by atoms with Crippen LogP contribution in [0, 0.1) is 0 Å². The Bertz CT molecular complexity index is 809. The fourth-order valence-corrected chi connectivity index (χ4v) is 2.92. The summed E-state index contributed by atoms with van der Waals surface area (Å²) in [6, 6.07) is 15.1. The van der Waals surface area contributed by atoms with Gasteiger partial charge in [-0.2, -0.15) is 0 Å². The minimum atomic E-state index is -0.403. The highest BCUT2D eigenvalue weighted by Crippen LogP contribution is 2.31. The molecule has 1 atom stereocenters. The van der Waals surface area contributed by atoms with Crippen molar-refractivity contribution in [2.45, 2.75) is 45.4 Å². The molecule has 5 heteroatoms. The molecule has 0 saturated heterocycles. The van der Waals surface area contributed by atoms with Gasteiger partial charge in [0.15, 0.2) is 6.61 Å². The number of methoxy groups -OCH3 is 1. The molecule has 150 valence electrons. The summed E-state index contributed by atoms with van der Waals surface area (Å²) in [5.41, 5.74) is 2.44. The summed E-state index contributed by atoms with van der Waals surface area (Å²) in [5.74, 6) is -0.629. The van der Waals surface area contributed by atoms with Crippen LogP contribution in [0.4, 0.5) is 5.69 Å². The highest BCUT2D eigenvalue weighted by Gasteiger charge is 2.22. The number of rotatable bonds is 7. The maximum atomic E-state index is 12.4. The molecule has 0 bridgehead atoms. The van der Waals surface area contributed by atoms with Gasteiger partial charge in [-0.1, -0.05) is 64.1 Å². The molecule has 1 amide bonds. The van der Waals surface area contributed by atoms with E-state index in [1.807, 2.05) is 55.5 Å². The SMILES string of the molecule is CC[C@@H](C(=O)OCC(=O)Nc1cc(C(C)(C)C)ccc1OC)c1ccccc1. The average Bonchev–Trinajstić information content (AvgIpc) is 2.67. The van der Waals surface area contributed by atoms with Crippen LogP contribution in [-0.4, -0.2) is 25.6 Å². The van der Waals surface area contributed by atoms with Crippen LogP contribution in [0.3, 0.4) is 0 Å². The van der Waals surface area contributed by atoms with Crippen LogP contribution in [0.1, 0.15) is 51.2 Å². The van der Waals surface area contributed by atoms with E-state index in [4.69, 9.17) is 9.47 Å². The number of esters is 1. The molecule has 0 saturated carbocycles. The Morgan fingerprint density at radius 2 is 1.75 bits per heavy atom. The molecule has 28 heavy (non-hydrogen) atoms. The van der Waals surface area contributed by atoms with Crippen molar-refractivity contribution in [2.24, 2.45) is 0 Å². The zero-order chi connectivity index (χ0) is 20.7. The molecule has 2 aromatic rings. The molecule has 1 N–H and O–H groups in total. The van der Waals surface area contributed by atoms with Crippen molar-refractivity contribution in [3.8, 4) is 5.75 Å². The van der Waals surface area contributed by atoms with Crippen molar-refractivity contribution < 1.29 is 19.1 Å². The number of ether oxygens (including phenoxy) is 2. The molecule has 0 aliphatic carbocycles. The van der Waals surface area contributed by atoms with E-state index in [0.29, 0.717) is 17.9 Å². The fraction of sp³-hybridized carbons (Fsp3) is 0.391. The standard InChI is InChI=1S/C23H29NO4/c1-6-18(16-10-8-7-9-11-16)22(26)28-15-21(25)24-19-14-17(23(2,3)4)12-13-20(19)27-5/h7-14,18H,6,15H2,1-5H3,(H,24,25)/t18-/m1/s1. The summed E-state index contributed by atoms with van der Waals surface area (Å²) in [5, 5.41) is 2.78. The van der Waals surface area contributed by atoms with E-state index < -0.39 is 11.9 Å². The van der Waals surface area contributed by atoms with Gasteiger partial charge < -0.3 is 14.8 Å². The van der Waals surface area contributed by atoms with E-state index in [9.17, 15) is 9.59 Å². The van der Waals surface area contributed by atoms with Gasteiger partial charge in [0.05, 0.1) is 18.7 Å². The van der Waals surface area contributed by atoms with Gasteiger partial charge in [0, 0.05) is 0 Å². The van der Waals surface area contributed by atoms with E-state index in [2.05, 4.69) is 26.1 Å². The quantitative estimate of drug-likeness (QED) is 0.706. The summed E-state index contributed by atoms with van der Waals surface area (Å²) in [7, 11) is 1.55. The van der Waals surface area contributed by atoms with Gasteiger partial charge in [-0.05, 0) is 35.1 Å². The number of amides is 1. The molecular weight excluding hydrogens is 354 g/mol. The molecule has 0 aromatic heterocycles. The lowest BCUT2D eigenvalue weighted by molar-refractivity contribution is -0.149. The van der Waals surface area contributed by atoms with Crippen LogP contribution in [0.25, 0.3) is 0 Å². The van der Waals surface area contributed by atoms with Gasteiger partial charge >= 0.3 is 5.97 Å². The summed E-state index contributed by atoms with van der Waals surface area (Å²) in [6.45, 7) is 7.86. The molecule has 2 aromatic carbocycles. The van der Waals surface area contributed by atoms with Crippen LogP contribution < -0.4 is 10.1 Å². The molecule has 0 fully saturated rings. The maximum Gasteiger partial charge on any atom is 0.313 e. The Morgan fingerprint density at radius 1 is 1.07 bits per heavy atom. The van der Waals surface area contributed by atoms with Crippen LogP contribution in [0.2, 0.25) is 0 Å². The van der Waals surface area contributed by atoms with Gasteiger partial charge in [-0.3, -0.25) is 9.59 Å². The molecule has 0 unspecified atom stereocenters. The number of anilines is 1. The monoisotopic (exact) mass is 383 g/mol. The number of carbonyl (C=O) groups excluding carboxylic acids is 2. The van der Waals surface area contributed by atoms with Crippen LogP contribution in [-0.2, 0) is 19.7 Å². The van der Waals surface area contributed by atoms with E-state index in [0.717, 1.165) is 11.1 Å². The summed E-state index contributed by atoms with van der Waals surface area (Å²) in [6.07, 6.45) is 0.603. The molecule has 0 heterocycles. The lowest BCUT2D eigenvalue weighted by atomic mass is 9.87. The van der Waals surface area contributed by atoms with E-state index in [-0.39, 0.29) is 17.9 Å². The van der Waals surface area contributed by atoms with Crippen molar-refractivity contribution in [3.63, 3.8) is 0 Å². The Hall–Kier alpha value is -2.82. The number of hydrogen-bond acceptors (Lipinski definition) is 4. The van der Waals surface area contributed by atoms with Crippen molar-refractivity contribution in [3.05, 3.63) is 59.7 Å². The molecule has 5 nitrogen and oxygen atoms in total. The fourth-order valence-electron chi connectivity index (χ4n) is 2.92. The number of benzene rings is 2. The predicted molar refractivity (Wildman–Crippen MR) is 111 cm³/mol. The normalized spacial score (nSPS) is 12.2. The second-order valence-corrected chi connectivity index (χ2v) is 7.69. The van der Waals surface area contributed by atoms with Crippen molar-refractivity contribution in [1.82, 2.24) is 0 Å². The van der Waals surface area contributed by atoms with Gasteiger partial charge in [0.25, 0.3) is 5.91 Å². The van der Waals surface area contributed by atoms with E-state index in [1.54, 1.807) is 7.11 Å². The minimum absolute atomic E-state index is 0.0672.